The van der Waals surface area contributed by atoms with E-state index in [9.17, 15) is 17.6 Å². The molecule has 0 saturated heterocycles. The van der Waals surface area contributed by atoms with Crippen LogP contribution in [-0.2, 0) is 11.2 Å². The van der Waals surface area contributed by atoms with Crippen LogP contribution in [-0.4, -0.2) is 25.2 Å². The highest BCUT2D eigenvalue weighted by Gasteiger charge is 2.33. The van der Waals surface area contributed by atoms with E-state index in [1.807, 2.05) is 6.92 Å². The zero-order chi connectivity index (χ0) is 19.4. The van der Waals surface area contributed by atoms with Crippen LogP contribution in [0.2, 0.25) is 0 Å². The molecule has 0 aromatic heterocycles. The quantitative estimate of drug-likeness (QED) is 0.488. The van der Waals surface area contributed by atoms with Crippen molar-refractivity contribution in [3.8, 4) is 11.5 Å². The van der Waals surface area contributed by atoms with Gasteiger partial charge in [0.25, 0.3) is 0 Å². The van der Waals surface area contributed by atoms with Crippen LogP contribution in [0.1, 0.15) is 44.6 Å². The molecule has 7 heteroatoms. The van der Waals surface area contributed by atoms with Gasteiger partial charge in [-0.25, -0.2) is 4.39 Å². The van der Waals surface area contributed by atoms with E-state index >= 15 is 0 Å². The average molecular weight is 388 g/mol. The van der Waals surface area contributed by atoms with Gasteiger partial charge >= 0.3 is 6.36 Å². The lowest BCUT2D eigenvalue weighted by Gasteiger charge is -2.31. The van der Waals surface area contributed by atoms with Crippen LogP contribution >= 0.6 is 0 Å². The molecule has 0 N–H and O–H groups in total. The van der Waals surface area contributed by atoms with Gasteiger partial charge in [0, 0.05) is 11.6 Å². The molecule has 27 heavy (non-hydrogen) atoms. The predicted octanol–water partition coefficient (Wildman–Crippen LogP) is 5.57. The summed E-state index contributed by atoms with van der Waals surface area (Å²) in [5.74, 6) is -0.783. The summed E-state index contributed by atoms with van der Waals surface area (Å²) >= 11 is 0. The smallest absolute Gasteiger partial charge is 0.485 e. The molecule has 0 spiro atoms. The van der Waals surface area contributed by atoms with E-state index in [4.69, 9.17) is 9.47 Å². The number of hydrogen-bond donors (Lipinski definition) is 0. The van der Waals surface area contributed by atoms with Crippen LogP contribution in [0.15, 0.2) is 24.3 Å². The van der Waals surface area contributed by atoms with Crippen molar-refractivity contribution in [1.82, 2.24) is 0 Å². The highest BCUT2D eigenvalue weighted by Crippen LogP contribution is 2.36. The van der Waals surface area contributed by atoms with Crippen LogP contribution in [0.4, 0.5) is 17.6 Å². The van der Waals surface area contributed by atoms with Crippen molar-refractivity contribution < 1.29 is 31.8 Å². The molecule has 1 aliphatic carbocycles. The van der Waals surface area contributed by atoms with E-state index in [1.165, 1.54) is 6.07 Å². The van der Waals surface area contributed by atoms with Gasteiger partial charge < -0.3 is 14.2 Å². The van der Waals surface area contributed by atoms with E-state index in [2.05, 4.69) is 16.9 Å². The Balaban J connectivity index is 1.53. The van der Waals surface area contributed by atoms with Gasteiger partial charge in [0.2, 0.25) is 0 Å². The molecule has 0 bridgehead atoms. The summed E-state index contributed by atoms with van der Waals surface area (Å²) < 4.78 is 66.5. The lowest BCUT2D eigenvalue weighted by molar-refractivity contribution is -0.274. The Morgan fingerprint density at radius 3 is 2.56 bits per heavy atom. The summed E-state index contributed by atoms with van der Waals surface area (Å²) in [5.41, 5.74) is 0.386. The second kappa shape index (κ2) is 8.50. The van der Waals surface area contributed by atoms with Crippen molar-refractivity contribution in [3.05, 3.63) is 35.7 Å². The summed E-state index contributed by atoms with van der Waals surface area (Å²) in [4.78, 5) is 0. The maximum Gasteiger partial charge on any atom is 0.573 e. The molecule has 1 atom stereocenters. The number of allylic oxidation sites excluding steroid dienone is 2. The minimum Gasteiger partial charge on any atom is -0.485 e. The van der Waals surface area contributed by atoms with Crippen LogP contribution < -0.4 is 9.47 Å². The standard InChI is InChI=1S/C20H24F4O3/c1-2-3-13-4-7-15(8-5-13)25-12-16-9-6-14-10-17(27-20(22,23)24)11-18(21)19(14)26-16/h2-3,10-11,13,15-16H,4-9,12H2,1H3/b3-2+. The number of hydrogen-bond acceptors (Lipinski definition) is 3. The summed E-state index contributed by atoms with van der Waals surface area (Å²) in [6, 6.07) is 1.89. The molecule has 3 nitrogen and oxygen atoms in total. The first-order valence-corrected chi connectivity index (χ1v) is 9.33. The van der Waals surface area contributed by atoms with E-state index < -0.39 is 17.9 Å². The Kier molecular flexibility index (Phi) is 6.29. The highest BCUT2D eigenvalue weighted by atomic mass is 19.4. The van der Waals surface area contributed by atoms with E-state index in [0.29, 0.717) is 37.0 Å². The number of rotatable bonds is 5. The van der Waals surface area contributed by atoms with Gasteiger partial charge in [-0.2, -0.15) is 0 Å². The summed E-state index contributed by atoms with van der Waals surface area (Å²) in [6.07, 6.45) is 4.52. The lowest BCUT2D eigenvalue weighted by Crippen LogP contribution is -2.32. The van der Waals surface area contributed by atoms with Gasteiger partial charge in [-0.3, -0.25) is 0 Å². The highest BCUT2D eigenvalue weighted by molar-refractivity contribution is 5.43. The van der Waals surface area contributed by atoms with Crippen molar-refractivity contribution in [1.29, 1.82) is 0 Å². The van der Waals surface area contributed by atoms with Crippen molar-refractivity contribution in [2.45, 2.75) is 64.0 Å². The number of fused-ring (bicyclic) bond motifs is 1. The van der Waals surface area contributed by atoms with Gasteiger partial charge in [0.15, 0.2) is 11.6 Å². The third-order valence-electron chi connectivity index (χ3n) is 5.05. The van der Waals surface area contributed by atoms with Gasteiger partial charge in [0.05, 0.1) is 12.7 Å². The number of halogens is 4. The SMILES string of the molecule is C/C=C/C1CCC(OCC2CCc3cc(OC(F)(F)F)cc(F)c3O2)CC1. The Morgan fingerprint density at radius 1 is 1.15 bits per heavy atom. The molecule has 2 aliphatic rings. The third kappa shape index (κ3) is 5.61. The summed E-state index contributed by atoms with van der Waals surface area (Å²) in [7, 11) is 0. The molecular formula is C20H24F4O3. The first kappa shape index (κ1) is 20.0. The molecule has 1 saturated carbocycles. The van der Waals surface area contributed by atoms with Gasteiger partial charge in [0.1, 0.15) is 11.9 Å². The molecule has 1 aliphatic heterocycles. The summed E-state index contributed by atoms with van der Waals surface area (Å²) in [5, 5.41) is 0. The van der Waals surface area contributed by atoms with E-state index in [0.717, 1.165) is 25.7 Å². The number of ether oxygens (including phenoxy) is 3. The Bertz CT molecular complexity index is 664. The molecule has 0 amide bonds. The second-order valence-electron chi connectivity index (χ2n) is 7.12. The fourth-order valence-corrected chi connectivity index (χ4v) is 3.76. The van der Waals surface area contributed by atoms with E-state index in [1.54, 1.807) is 0 Å². The molecular weight excluding hydrogens is 364 g/mol. The first-order valence-electron chi connectivity index (χ1n) is 9.33. The largest absolute Gasteiger partial charge is 0.573 e. The number of alkyl halides is 3. The topological polar surface area (TPSA) is 27.7 Å². The van der Waals surface area contributed by atoms with Crippen molar-refractivity contribution in [2.75, 3.05) is 6.61 Å². The molecule has 0 radical (unpaired) electrons. The Morgan fingerprint density at radius 2 is 1.89 bits per heavy atom. The van der Waals surface area contributed by atoms with Crippen LogP contribution in [0.25, 0.3) is 0 Å². The van der Waals surface area contributed by atoms with E-state index in [-0.39, 0.29) is 18.0 Å². The zero-order valence-corrected chi connectivity index (χ0v) is 15.2. The number of aryl methyl sites for hydroxylation is 1. The van der Waals surface area contributed by atoms with Crippen molar-refractivity contribution in [3.63, 3.8) is 0 Å². The normalized spacial score (nSPS) is 25.9. The second-order valence-corrected chi connectivity index (χ2v) is 7.12. The number of benzene rings is 1. The predicted molar refractivity (Wildman–Crippen MR) is 92.3 cm³/mol. The first-order chi connectivity index (χ1) is 12.8. The Hall–Kier alpha value is -1.76. The maximum atomic E-state index is 14.2. The monoisotopic (exact) mass is 388 g/mol. The minimum atomic E-state index is -4.85. The van der Waals surface area contributed by atoms with Crippen LogP contribution in [0, 0.1) is 11.7 Å². The molecule has 1 heterocycles. The fraction of sp³-hybridized carbons (Fsp3) is 0.600. The zero-order valence-electron chi connectivity index (χ0n) is 15.2. The van der Waals surface area contributed by atoms with Crippen molar-refractivity contribution >= 4 is 0 Å². The molecule has 1 aromatic carbocycles. The van der Waals surface area contributed by atoms with Crippen molar-refractivity contribution in [2.24, 2.45) is 5.92 Å². The molecule has 3 rings (SSSR count). The van der Waals surface area contributed by atoms with Gasteiger partial charge in [-0.15, -0.1) is 13.2 Å². The minimum absolute atomic E-state index is 0.00108. The fourth-order valence-electron chi connectivity index (χ4n) is 3.76. The van der Waals surface area contributed by atoms with Crippen LogP contribution in [0.5, 0.6) is 11.5 Å². The Labute approximate surface area is 156 Å². The average Bonchev–Trinajstić information content (AvgIpc) is 2.60. The molecule has 150 valence electrons. The van der Waals surface area contributed by atoms with Crippen LogP contribution in [0.3, 0.4) is 0 Å². The van der Waals surface area contributed by atoms with Gasteiger partial charge in [-0.05, 0) is 57.4 Å². The van der Waals surface area contributed by atoms with Gasteiger partial charge in [-0.1, -0.05) is 12.2 Å². The molecule has 1 aromatic rings. The maximum absolute atomic E-state index is 14.2. The summed E-state index contributed by atoms with van der Waals surface area (Å²) in [6.45, 7) is 2.39. The molecule has 1 unspecified atom stereocenters. The lowest BCUT2D eigenvalue weighted by atomic mass is 9.87. The third-order valence-corrected chi connectivity index (χ3v) is 5.05. The molecule has 1 fully saturated rings.